The first-order chi connectivity index (χ1) is 19.6. The first-order valence-electron chi connectivity index (χ1n) is 13.7. The number of halogens is 3. The highest BCUT2D eigenvalue weighted by Gasteiger charge is 2.48. The molecule has 6 rings (SSSR count). The largest absolute Gasteiger partial charge is 0.427 e. The van der Waals surface area contributed by atoms with Gasteiger partial charge in [0.2, 0.25) is 5.95 Å². The van der Waals surface area contributed by atoms with Crippen LogP contribution in [-0.2, 0) is 22.3 Å². The van der Waals surface area contributed by atoms with E-state index in [0.29, 0.717) is 41.0 Å². The van der Waals surface area contributed by atoms with Crippen molar-refractivity contribution in [2.45, 2.75) is 69.5 Å². The summed E-state index contributed by atoms with van der Waals surface area (Å²) in [5.74, 6) is 1.89. The number of anilines is 2. The number of fused-ring (bicyclic) bond motifs is 1. The van der Waals surface area contributed by atoms with Crippen molar-refractivity contribution >= 4 is 29.0 Å². The molecule has 3 N–H and O–H groups in total. The van der Waals surface area contributed by atoms with Crippen LogP contribution in [0.5, 0.6) is 0 Å². The van der Waals surface area contributed by atoms with Crippen molar-refractivity contribution in [1.82, 2.24) is 30.3 Å². The number of hydrogen-bond donors (Lipinski definition) is 3. The number of hydroxylamine groups is 1. The second kappa shape index (κ2) is 10.3. The number of imidazole rings is 1. The van der Waals surface area contributed by atoms with Crippen LogP contribution < -0.4 is 21.0 Å². The minimum Gasteiger partial charge on any atom is -0.382 e. The van der Waals surface area contributed by atoms with Gasteiger partial charge in [-0.1, -0.05) is 18.6 Å². The quantitative estimate of drug-likeness (QED) is 0.325. The Labute approximate surface area is 234 Å². The number of nitrogens with one attached hydrogen (secondary N) is 3. The van der Waals surface area contributed by atoms with E-state index in [4.69, 9.17) is 24.5 Å². The zero-order chi connectivity index (χ0) is 28.9. The molecule has 0 spiro atoms. The van der Waals surface area contributed by atoms with Crippen LogP contribution in [0.2, 0.25) is 0 Å². The van der Waals surface area contributed by atoms with E-state index in [1.54, 1.807) is 7.11 Å². The van der Waals surface area contributed by atoms with E-state index >= 15 is 0 Å². The van der Waals surface area contributed by atoms with Crippen LogP contribution in [-0.4, -0.2) is 58.0 Å². The fraction of sp³-hybridized carbons (Fsp3) is 0.556. The maximum absolute atomic E-state index is 13.3. The third-order valence-electron chi connectivity index (χ3n) is 8.48. The average molecular weight is 575 g/mol. The van der Waals surface area contributed by atoms with E-state index in [2.05, 4.69) is 27.9 Å². The zero-order valence-corrected chi connectivity index (χ0v) is 23.1. The summed E-state index contributed by atoms with van der Waals surface area (Å²) in [5.41, 5.74) is 3.34. The Bertz CT molecular complexity index is 1440. The molecule has 2 atom stereocenters. The van der Waals surface area contributed by atoms with Gasteiger partial charge < -0.3 is 24.4 Å². The molecular weight excluding hydrogens is 541 g/mol. The number of aromatic nitrogens is 4. The number of likely N-dealkylation sites (N-methyl/N-ethyl adjacent to an activating group) is 1. The summed E-state index contributed by atoms with van der Waals surface area (Å²) in [5, 5.41) is 6.20. The Balaban J connectivity index is 1.48. The molecule has 1 aromatic carbocycles. The molecule has 3 aromatic rings. The van der Waals surface area contributed by atoms with Crippen molar-refractivity contribution in [3.05, 3.63) is 41.2 Å². The van der Waals surface area contributed by atoms with E-state index in [1.165, 1.54) is 18.6 Å². The summed E-state index contributed by atoms with van der Waals surface area (Å²) in [4.78, 5) is 33.1. The van der Waals surface area contributed by atoms with Gasteiger partial charge in [0.1, 0.15) is 5.52 Å². The monoisotopic (exact) mass is 574 g/mol. The molecule has 220 valence electrons. The van der Waals surface area contributed by atoms with Gasteiger partial charge in [0.25, 0.3) is 0 Å². The number of nitrogens with zero attached hydrogens (tertiary/aromatic N) is 5. The Morgan fingerprint density at radius 1 is 1.22 bits per heavy atom. The Kier molecular flexibility index (Phi) is 6.92. The van der Waals surface area contributed by atoms with E-state index in [-0.39, 0.29) is 23.9 Å². The highest BCUT2D eigenvalue weighted by atomic mass is 19.4. The molecule has 3 aliphatic rings. The highest BCUT2D eigenvalue weighted by molar-refractivity contribution is 5.86. The van der Waals surface area contributed by atoms with Crippen LogP contribution in [0, 0.1) is 5.92 Å². The van der Waals surface area contributed by atoms with Crippen molar-refractivity contribution in [3.63, 3.8) is 0 Å². The lowest BCUT2D eigenvalue weighted by Crippen LogP contribution is -2.39. The van der Waals surface area contributed by atoms with E-state index in [0.717, 1.165) is 37.8 Å². The van der Waals surface area contributed by atoms with Crippen LogP contribution in [0.1, 0.15) is 62.1 Å². The first kappa shape index (κ1) is 27.5. The normalized spacial score (nSPS) is 20.8. The van der Waals surface area contributed by atoms with Gasteiger partial charge in [0.05, 0.1) is 24.3 Å². The van der Waals surface area contributed by atoms with E-state index < -0.39 is 24.0 Å². The van der Waals surface area contributed by atoms with Crippen molar-refractivity contribution < 1.29 is 27.5 Å². The molecule has 1 saturated heterocycles. The van der Waals surface area contributed by atoms with Crippen molar-refractivity contribution in [1.29, 1.82) is 0 Å². The van der Waals surface area contributed by atoms with Gasteiger partial charge in [0, 0.05) is 20.2 Å². The fourth-order valence-corrected chi connectivity index (χ4v) is 5.54. The SMILES string of the molecule is COCC1(N(C)c2nc3nc(C4NOC(=O)N4)nc(N[C@H](C)C4CCC4)c3n2Cc2ccc(C(F)(F)F)cc2)CC1. The van der Waals surface area contributed by atoms with Crippen molar-refractivity contribution in [2.24, 2.45) is 5.92 Å². The second-order valence-electron chi connectivity index (χ2n) is 11.2. The molecule has 2 aromatic heterocycles. The summed E-state index contributed by atoms with van der Waals surface area (Å²) in [6.07, 6.45) is -0.595. The summed E-state index contributed by atoms with van der Waals surface area (Å²) in [6.45, 7) is 2.86. The lowest BCUT2D eigenvalue weighted by atomic mass is 9.80. The van der Waals surface area contributed by atoms with Crippen LogP contribution in [0.3, 0.4) is 0 Å². The predicted octanol–water partition coefficient (Wildman–Crippen LogP) is 4.35. The number of methoxy groups -OCH3 is 1. The van der Waals surface area contributed by atoms with Gasteiger partial charge >= 0.3 is 12.3 Å². The van der Waals surface area contributed by atoms with E-state index in [9.17, 15) is 18.0 Å². The summed E-state index contributed by atoms with van der Waals surface area (Å²) in [6, 6.07) is 5.25. The number of rotatable bonds is 10. The lowest BCUT2D eigenvalue weighted by Gasteiger charge is -2.32. The average Bonchev–Trinajstić information content (AvgIpc) is 3.40. The third kappa shape index (κ3) is 5.25. The van der Waals surface area contributed by atoms with Crippen LogP contribution in [0.4, 0.5) is 29.7 Å². The molecular formula is C27H33F3N8O3. The molecule has 1 aliphatic heterocycles. The molecule has 2 aliphatic carbocycles. The smallest absolute Gasteiger partial charge is 0.382 e. The minimum atomic E-state index is -4.42. The standard InChI is InChI=1S/C27H33F3N8O3/c1-15(17-5-4-6-17)31-20-19-21(33-22(32-20)23-35-25(39)41-36-23)34-24(37(2)26(11-12-26)14-40-3)38(19)13-16-7-9-18(10-8-16)27(28,29)30/h7-10,15,17,23,36H,4-6,11-14H2,1-3H3,(H,35,39)(H,31,32,33)/t15-,23?/m1/s1. The molecule has 3 heterocycles. The molecule has 3 fully saturated rings. The van der Waals surface area contributed by atoms with Gasteiger partial charge in [-0.2, -0.15) is 18.2 Å². The Morgan fingerprint density at radius 3 is 2.51 bits per heavy atom. The number of hydrogen-bond acceptors (Lipinski definition) is 9. The third-order valence-corrected chi connectivity index (χ3v) is 8.48. The van der Waals surface area contributed by atoms with Crippen molar-refractivity contribution in [3.8, 4) is 0 Å². The van der Waals surface area contributed by atoms with Crippen LogP contribution >= 0.6 is 0 Å². The molecule has 1 amide bonds. The predicted molar refractivity (Wildman–Crippen MR) is 144 cm³/mol. The summed E-state index contributed by atoms with van der Waals surface area (Å²) < 4.78 is 47.2. The van der Waals surface area contributed by atoms with Gasteiger partial charge in [-0.3, -0.25) is 5.32 Å². The zero-order valence-electron chi connectivity index (χ0n) is 23.1. The van der Waals surface area contributed by atoms with Crippen LogP contribution in [0.25, 0.3) is 11.2 Å². The van der Waals surface area contributed by atoms with Gasteiger partial charge in [-0.15, -0.1) is 5.48 Å². The maximum Gasteiger partial charge on any atom is 0.427 e. The minimum absolute atomic E-state index is 0.107. The summed E-state index contributed by atoms with van der Waals surface area (Å²) >= 11 is 0. The Morgan fingerprint density at radius 2 is 1.95 bits per heavy atom. The molecule has 2 saturated carbocycles. The molecule has 0 bridgehead atoms. The second-order valence-corrected chi connectivity index (χ2v) is 11.2. The van der Waals surface area contributed by atoms with Crippen LogP contribution in [0.15, 0.2) is 24.3 Å². The number of amides is 1. The number of ether oxygens (including phenoxy) is 1. The lowest BCUT2D eigenvalue weighted by molar-refractivity contribution is -0.137. The van der Waals surface area contributed by atoms with Gasteiger partial charge in [0.15, 0.2) is 23.5 Å². The fourth-order valence-electron chi connectivity index (χ4n) is 5.54. The number of carbonyl (C=O) groups is 1. The number of benzene rings is 1. The van der Waals surface area contributed by atoms with Crippen molar-refractivity contribution in [2.75, 3.05) is 31.0 Å². The van der Waals surface area contributed by atoms with Gasteiger partial charge in [-0.25, -0.2) is 14.8 Å². The topological polar surface area (TPSA) is 118 Å². The van der Waals surface area contributed by atoms with Gasteiger partial charge in [-0.05, 0) is 56.2 Å². The molecule has 11 nitrogen and oxygen atoms in total. The maximum atomic E-state index is 13.3. The first-order valence-corrected chi connectivity index (χ1v) is 13.7. The highest BCUT2D eigenvalue weighted by Crippen LogP contribution is 2.44. The number of alkyl halides is 3. The molecule has 14 heteroatoms. The molecule has 1 unspecified atom stereocenters. The number of carbonyl (C=O) groups excluding carboxylic acids is 1. The molecule has 41 heavy (non-hydrogen) atoms. The molecule has 0 radical (unpaired) electrons. The Hall–Kier alpha value is -3.65. The van der Waals surface area contributed by atoms with E-state index in [1.807, 2.05) is 11.6 Å². The summed E-state index contributed by atoms with van der Waals surface area (Å²) in [7, 11) is 3.60.